The van der Waals surface area contributed by atoms with Crippen molar-refractivity contribution in [3.63, 3.8) is 0 Å². The molecule has 0 N–H and O–H groups in total. The summed E-state index contributed by atoms with van der Waals surface area (Å²) in [4.78, 5) is 0. The minimum absolute atomic E-state index is 0. The van der Waals surface area contributed by atoms with Crippen molar-refractivity contribution in [3.8, 4) is 11.1 Å². The van der Waals surface area contributed by atoms with E-state index in [9.17, 15) is 0 Å². The van der Waals surface area contributed by atoms with Crippen LogP contribution < -0.4 is 0 Å². The smallest absolute Gasteiger partial charge is 0.147 e. The van der Waals surface area contributed by atoms with Gasteiger partial charge in [-0.15, -0.1) is 24.8 Å². The fraction of sp³-hybridized carbons (Fsp3) is 0.341. The van der Waals surface area contributed by atoms with Crippen LogP contribution in [0.3, 0.4) is 0 Å². The zero-order valence-corrected chi connectivity index (χ0v) is 34.0. The molecule has 1 atom stereocenters. The minimum Gasteiger partial charge on any atom is -0.147 e. The second-order valence-electron chi connectivity index (χ2n) is 16.3. The molecule has 0 aliphatic heterocycles. The minimum atomic E-state index is -2.86. The number of halogens is 2. The Kier molecular flexibility index (Phi) is 11.1. The van der Waals surface area contributed by atoms with Crippen LogP contribution in [0.4, 0.5) is 0 Å². The predicted octanol–water partition coefficient (Wildman–Crippen LogP) is 12.6. The van der Waals surface area contributed by atoms with Crippen LogP contribution in [-0.4, -0.2) is 3.21 Å². The molecule has 2 aliphatic carbocycles. The summed E-state index contributed by atoms with van der Waals surface area (Å²) in [6, 6.07) is 37.6. The zero-order chi connectivity index (χ0) is 32.3. The molecule has 246 valence electrons. The Morgan fingerprint density at radius 3 is 1.34 bits per heavy atom. The molecule has 2 aliphatic rings. The monoisotopic (exact) mass is 740 g/mol. The van der Waals surface area contributed by atoms with Gasteiger partial charge in [0.1, 0.15) is 0 Å². The largest absolute Gasteiger partial charge is 0.147 e. The molecule has 3 heteroatoms. The Morgan fingerprint density at radius 2 is 0.979 bits per heavy atom. The first-order chi connectivity index (χ1) is 21.1. The Labute approximate surface area is 304 Å². The molecule has 4 aromatic carbocycles. The van der Waals surface area contributed by atoms with Gasteiger partial charge in [0.05, 0.1) is 0 Å². The van der Waals surface area contributed by atoms with Gasteiger partial charge < -0.3 is 0 Å². The number of hydrogen-bond acceptors (Lipinski definition) is 0. The molecule has 0 amide bonds. The van der Waals surface area contributed by atoms with Gasteiger partial charge in [-0.2, -0.15) is 0 Å². The Morgan fingerprint density at radius 1 is 0.553 bits per heavy atom. The van der Waals surface area contributed by atoms with Crippen LogP contribution in [0, 0.1) is 11.3 Å². The van der Waals surface area contributed by atoms with E-state index in [1.807, 2.05) is 0 Å². The first kappa shape index (κ1) is 37.5. The van der Waals surface area contributed by atoms with Gasteiger partial charge in [0.15, 0.2) is 0 Å². The van der Waals surface area contributed by atoms with Crippen LogP contribution in [0.25, 0.3) is 11.1 Å². The molecule has 0 radical (unpaired) electrons. The molecule has 0 heterocycles. The number of hydrogen-bond donors (Lipinski definition) is 0. The molecule has 0 spiro atoms. The molecule has 0 saturated heterocycles. The fourth-order valence-corrected chi connectivity index (χ4v) is 16.6. The van der Waals surface area contributed by atoms with Crippen molar-refractivity contribution in [1.82, 2.24) is 0 Å². The first-order valence-electron chi connectivity index (χ1n) is 16.7. The number of allylic oxidation sites excluding steroid dienone is 4. The Bertz CT molecular complexity index is 1730. The molecule has 0 aromatic heterocycles. The maximum Gasteiger partial charge on any atom is -0.147 e. The third-order valence-corrected chi connectivity index (χ3v) is 18.5. The topological polar surface area (TPSA) is 0 Å². The van der Waals surface area contributed by atoms with Crippen molar-refractivity contribution in [1.29, 1.82) is 0 Å². The van der Waals surface area contributed by atoms with E-state index < -0.39 is 21.3 Å². The summed E-state index contributed by atoms with van der Waals surface area (Å²) in [7, 11) is 0. The van der Waals surface area contributed by atoms with Crippen molar-refractivity contribution < 1.29 is 21.3 Å². The summed E-state index contributed by atoms with van der Waals surface area (Å²) in [5.41, 5.74) is 13.4. The van der Waals surface area contributed by atoms with Crippen molar-refractivity contribution in [2.45, 2.75) is 83.7 Å². The van der Waals surface area contributed by atoms with Crippen LogP contribution in [0.1, 0.15) is 106 Å². The summed E-state index contributed by atoms with van der Waals surface area (Å²) in [6.45, 7) is 23.7. The van der Waals surface area contributed by atoms with Crippen LogP contribution in [0.5, 0.6) is 0 Å². The van der Waals surface area contributed by atoms with Crippen LogP contribution >= 0.6 is 24.8 Å². The van der Waals surface area contributed by atoms with Gasteiger partial charge in [-0.05, 0) is 0 Å². The number of rotatable bonds is 4. The maximum absolute atomic E-state index is 2.86. The Balaban J connectivity index is 0.00000250. The van der Waals surface area contributed by atoms with Gasteiger partial charge in [0, 0.05) is 0 Å². The molecule has 47 heavy (non-hydrogen) atoms. The summed E-state index contributed by atoms with van der Waals surface area (Å²) in [5.74, 6) is 0.431. The van der Waals surface area contributed by atoms with E-state index in [0.717, 1.165) is 0 Å². The molecule has 0 fully saturated rings. The summed E-state index contributed by atoms with van der Waals surface area (Å²) in [5, 5.41) is 0. The molecular weight excluding hydrogens is 691 g/mol. The van der Waals surface area contributed by atoms with Gasteiger partial charge in [-0.25, -0.2) is 0 Å². The normalized spacial score (nSPS) is 15.9. The van der Waals surface area contributed by atoms with E-state index in [4.69, 9.17) is 0 Å². The second kappa shape index (κ2) is 13.9. The van der Waals surface area contributed by atoms with E-state index in [2.05, 4.69) is 178 Å². The van der Waals surface area contributed by atoms with Crippen LogP contribution in [0.2, 0.25) is 0 Å². The van der Waals surface area contributed by atoms with Gasteiger partial charge >= 0.3 is 282 Å². The van der Waals surface area contributed by atoms with Crippen molar-refractivity contribution in [2.75, 3.05) is 0 Å². The van der Waals surface area contributed by atoms with Gasteiger partial charge in [-0.1, -0.05) is 0 Å². The standard InChI is InChI=1S/C21H25.C13H10.C10H15.2ClH.Zr/c1-20(2,3)16-7-9-18-14(12-16)11-15-13-17(21(4,5)6)8-10-19(15)18;1-3-7-12(8-4-1)11-13-9-5-2-6-10-13;1-8-5-6-9(7-8)10(2,3)4;;;/h7-13H,1-6H3;1-10H;6-8H,1-4H3;2*1H;. The van der Waals surface area contributed by atoms with E-state index in [1.54, 1.807) is 17.6 Å². The Hall–Kier alpha value is -2.31. The van der Waals surface area contributed by atoms with E-state index in [1.165, 1.54) is 39.0 Å². The summed E-state index contributed by atoms with van der Waals surface area (Å²) >= 11 is -2.86. The second-order valence-corrected chi connectivity index (χ2v) is 22.4. The molecule has 0 nitrogen and oxygen atoms in total. The molecule has 6 rings (SSSR count). The van der Waals surface area contributed by atoms with E-state index >= 15 is 0 Å². The third kappa shape index (κ3) is 7.34. The van der Waals surface area contributed by atoms with Gasteiger partial charge in [-0.3, -0.25) is 0 Å². The molecule has 0 bridgehead atoms. The fourth-order valence-electron chi connectivity index (χ4n) is 7.14. The maximum atomic E-state index is 2.66. The summed E-state index contributed by atoms with van der Waals surface area (Å²) < 4.78 is 3.72. The first-order valence-corrected chi connectivity index (χ1v) is 20.6. The van der Waals surface area contributed by atoms with Crippen LogP contribution in [0.15, 0.2) is 118 Å². The van der Waals surface area contributed by atoms with Gasteiger partial charge in [0.25, 0.3) is 0 Å². The predicted molar refractivity (Wildman–Crippen MR) is 206 cm³/mol. The molecule has 4 aromatic rings. The quantitative estimate of drug-likeness (QED) is 0.195. The van der Waals surface area contributed by atoms with Crippen molar-refractivity contribution >= 4 is 28.0 Å². The van der Waals surface area contributed by atoms with Crippen molar-refractivity contribution in [2.24, 2.45) is 11.3 Å². The van der Waals surface area contributed by atoms with Crippen molar-refractivity contribution in [3.05, 3.63) is 151 Å². The zero-order valence-electron chi connectivity index (χ0n) is 29.9. The molecule has 0 saturated carbocycles. The SMILES string of the molecule is CC1C=C(C(C)(C)C)C=[C]1[Zr](=[C](c1ccccc1)c1ccccc1)[CH]1c2cc(C(C)(C)C)ccc2-c2ccc(C(C)(C)C)cc21.Cl.Cl. The average Bonchev–Trinajstić information content (AvgIpc) is 3.53. The van der Waals surface area contributed by atoms with E-state index in [-0.39, 0.29) is 41.1 Å². The van der Waals surface area contributed by atoms with Crippen LogP contribution in [-0.2, 0) is 32.1 Å². The number of benzene rings is 4. The van der Waals surface area contributed by atoms with Gasteiger partial charge in [0.2, 0.25) is 0 Å². The average molecular weight is 743 g/mol. The molecule has 1 unspecified atom stereocenters. The third-order valence-electron chi connectivity index (χ3n) is 9.84. The van der Waals surface area contributed by atoms with E-state index in [0.29, 0.717) is 9.54 Å². The molecular formula is C44H52Cl2Zr. The number of fused-ring (bicyclic) bond motifs is 3. The summed E-state index contributed by atoms with van der Waals surface area (Å²) in [6.07, 6.45) is 5.24.